The maximum atomic E-state index is 5.41. The average Bonchev–Trinajstić information content (AvgIpc) is 2.49. The molecule has 0 aliphatic carbocycles. The lowest BCUT2D eigenvalue weighted by molar-refractivity contribution is 0.179. The molecule has 2 atom stereocenters. The smallest absolute Gasteiger partial charge is 0.0495 e. The number of hydrogen-bond donors (Lipinski definition) is 1. The van der Waals surface area contributed by atoms with Crippen molar-refractivity contribution in [1.82, 2.24) is 5.32 Å². The van der Waals surface area contributed by atoms with E-state index in [1.807, 2.05) is 0 Å². The van der Waals surface area contributed by atoms with Crippen molar-refractivity contribution in [3.8, 4) is 0 Å². The molecule has 0 radical (unpaired) electrons. The van der Waals surface area contributed by atoms with Crippen LogP contribution in [0.1, 0.15) is 32.1 Å². The third kappa shape index (κ3) is 2.96. The van der Waals surface area contributed by atoms with E-state index in [1.165, 1.54) is 45.2 Å². The maximum Gasteiger partial charge on any atom is 0.0495 e. The lowest BCUT2D eigenvalue weighted by Gasteiger charge is -2.16. The van der Waals surface area contributed by atoms with Crippen LogP contribution >= 0.6 is 0 Å². The molecule has 2 nitrogen and oxygen atoms in total. The predicted molar refractivity (Wildman–Crippen MR) is 53.8 cm³/mol. The molecular weight excluding hydrogens is 162 g/mol. The Hall–Kier alpha value is -0.0800. The highest BCUT2D eigenvalue weighted by atomic mass is 16.5. The van der Waals surface area contributed by atoms with Crippen LogP contribution in [0, 0.1) is 11.8 Å². The third-order valence-corrected chi connectivity index (χ3v) is 3.39. The van der Waals surface area contributed by atoms with Crippen LogP contribution in [0.3, 0.4) is 0 Å². The van der Waals surface area contributed by atoms with Crippen LogP contribution < -0.4 is 5.32 Å². The number of rotatable bonds is 2. The molecule has 2 aliphatic heterocycles. The molecule has 0 amide bonds. The van der Waals surface area contributed by atoms with E-state index < -0.39 is 0 Å². The quantitative estimate of drug-likeness (QED) is 0.705. The van der Waals surface area contributed by atoms with Crippen LogP contribution in [-0.4, -0.2) is 26.3 Å². The summed E-state index contributed by atoms with van der Waals surface area (Å²) in [5, 5.41) is 3.47. The Labute approximate surface area is 81.0 Å². The molecule has 1 N–H and O–H groups in total. The molecule has 0 aromatic rings. The Bertz CT molecular complexity index is 135. The molecule has 76 valence electrons. The van der Waals surface area contributed by atoms with Crippen LogP contribution in [0.15, 0.2) is 0 Å². The zero-order valence-corrected chi connectivity index (χ0v) is 8.43. The van der Waals surface area contributed by atoms with E-state index >= 15 is 0 Å². The van der Waals surface area contributed by atoms with Gasteiger partial charge in [0.25, 0.3) is 0 Å². The average molecular weight is 183 g/mol. The van der Waals surface area contributed by atoms with Crippen LogP contribution in [-0.2, 0) is 4.74 Å². The Kier molecular flexibility index (Phi) is 3.62. The van der Waals surface area contributed by atoms with Crippen molar-refractivity contribution >= 4 is 0 Å². The van der Waals surface area contributed by atoms with Crippen molar-refractivity contribution in [2.24, 2.45) is 11.8 Å². The van der Waals surface area contributed by atoms with Gasteiger partial charge >= 0.3 is 0 Å². The van der Waals surface area contributed by atoms with Crippen LogP contribution in [0.25, 0.3) is 0 Å². The summed E-state index contributed by atoms with van der Waals surface area (Å²) < 4.78 is 5.41. The molecule has 2 aliphatic rings. The van der Waals surface area contributed by atoms with E-state index in [2.05, 4.69) is 5.32 Å². The number of ether oxygens (including phenoxy) is 1. The van der Waals surface area contributed by atoms with Gasteiger partial charge in [0.1, 0.15) is 0 Å². The Balaban J connectivity index is 1.71. The third-order valence-electron chi connectivity index (χ3n) is 3.39. The van der Waals surface area contributed by atoms with E-state index in [0.29, 0.717) is 0 Å². The Morgan fingerprint density at radius 3 is 2.92 bits per heavy atom. The first-order valence-corrected chi connectivity index (χ1v) is 5.73. The van der Waals surface area contributed by atoms with Gasteiger partial charge in [-0.05, 0) is 57.0 Å². The first-order valence-electron chi connectivity index (χ1n) is 5.73. The topological polar surface area (TPSA) is 21.3 Å². The molecule has 13 heavy (non-hydrogen) atoms. The van der Waals surface area contributed by atoms with Crippen LogP contribution in [0.5, 0.6) is 0 Å². The largest absolute Gasteiger partial charge is 0.381 e. The summed E-state index contributed by atoms with van der Waals surface area (Å²) in [5.74, 6) is 1.85. The highest BCUT2D eigenvalue weighted by molar-refractivity contribution is 4.73. The zero-order valence-electron chi connectivity index (χ0n) is 8.43. The van der Waals surface area contributed by atoms with Crippen molar-refractivity contribution in [2.45, 2.75) is 32.1 Å². The molecule has 2 saturated heterocycles. The van der Waals surface area contributed by atoms with E-state index in [9.17, 15) is 0 Å². The SMILES string of the molecule is C1CNCCC(CC2CCOC2)C1. The highest BCUT2D eigenvalue weighted by Gasteiger charge is 2.21. The maximum absolute atomic E-state index is 5.41. The summed E-state index contributed by atoms with van der Waals surface area (Å²) in [6.07, 6.45) is 6.92. The van der Waals surface area contributed by atoms with Crippen LogP contribution in [0.2, 0.25) is 0 Å². The molecule has 0 saturated carbocycles. The van der Waals surface area contributed by atoms with Crippen molar-refractivity contribution in [3.63, 3.8) is 0 Å². The molecular formula is C11H21NO. The molecule has 0 aromatic carbocycles. The summed E-state index contributed by atoms with van der Waals surface area (Å²) in [7, 11) is 0. The fourth-order valence-electron chi connectivity index (χ4n) is 2.57. The normalized spacial score (nSPS) is 36.0. The molecule has 2 unspecified atom stereocenters. The summed E-state index contributed by atoms with van der Waals surface area (Å²) in [5.41, 5.74) is 0. The van der Waals surface area contributed by atoms with Crippen molar-refractivity contribution in [3.05, 3.63) is 0 Å². The monoisotopic (exact) mass is 183 g/mol. The van der Waals surface area contributed by atoms with E-state index in [-0.39, 0.29) is 0 Å². The van der Waals surface area contributed by atoms with Gasteiger partial charge in [0.15, 0.2) is 0 Å². The van der Waals surface area contributed by atoms with Gasteiger partial charge in [0.2, 0.25) is 0 Å². The minimum absolute atomic E-state index is 0.878. The molecule has 0 bridgehead atoms. The second-order valence-electron chi connectivity index (χ2n) is 4.51. The lowest BCUT2D eigenvalue weighted by atomic mass is 9.89. The molecule has 2 heterocycles. The van der Waals surface area contributed by atoms with E-state index in [0.717, 1.165) is 25.0 Å². The molecule has 2 fully saturated rings. The highest BCUT2D eigenvalue weighted by Crippen LogP contribution is 2.26. The number of hydrogen-bond acceptors (Lipinski definition) is 2. The predicted octanol–water partition coefficient (Wildman–Crippen LogP) is 1.80. The van der Waals surface area contributed by atoms with Gasteiger partial charge in [-0.3, -0.25) is 0 Å². The van der Waals surface area contributed by atoms with E-state index in [4.69, 9.17) is 4.74 Å². The molecule has 0 spiro atoms. The van der Waals surface area contributed by atoms with Crippen molar-refractivity contribution < 1.29 is 4.74 Å². The second kappa shape index (κ2) is 4.97. The minimum Gasteiger partial charge on any atom is -0.381 e. The van der Waals surface area contributed by atoms with Crippen molar-refractivity contribution in [1.29, 1.82) is 0 Å². The summed E-state index contributed by atoms with van der Waals surface area (Å²) in [6.45, 7) is 4.51. The second-order valence-corrected chi connectivity index (χ2v) is 4.51. The first-order chi connectivity index (χ1) is 6.45. The standard InChI is InChI=1S/C11H21NO/c1-2-10(3-6-12-5-1)8-11-4-7-13-9-11/h10-12H,1-9H2. The Morgan fingerprint density at radius 2 is 2.08 bits per heavy atom. The van der Waals surface area contributed by atoms with Crippen LogP contribution in [0.4, 0.5) is 0 Å². The van der Waals surface area contributed by atoms with Gasteiger partial charge in [0.05, 0.1) is 0 Å². The Morgan fingerprint density at radius 1 is 1.08 bits per heavy atom. The van der Waals surface area contributed by atoms with Gasteiger partial charge in [-0.15, -0.1) is 0 Å². The lowest BCUT2D eigenvalue weighted by Crippen LogP contribution is -2.15. The fraction of sp³-hybridized carbons (Fsp3) is 1.00. The number of nitrogens with one attached hydrogen (secondary N) is 1. The summed E-state index contributed by atoms with van der Waals surface area (Å²) in [6, 6.07) is 0. The first kappa shape index (κ1) is 9.47. The van der Waals surface area contributed by atoms with E-state index in [1.54, 1.807) is 0 Å². The summed E-state index contributed by atoms with van der Waals surface area (Å²) in [4.78, 5) is 0. The molecule has 0 aromatic heterocycles. The fourth-order valence-corrected chi connectivity index (χ4v) is 2.57. The van der Waals surface area contributed by atoms with Gasteiger partial charge in [-0.2, -0.15) is 0 Å². The summed E-state index contributed by atoms with van der Waals surface area (Å²) >= 11 is 0. The molecule has 2 heteroatoms. The van der Waals surface area contributed by atoms with Gasteiger partial charge < -0.3 is 10.1 Å². The minimum atomic E-state index is 0.878. The van der Waals surface area contributed by atoms with Gasteiger partial charge in [-0.25, -0.2) is 0 Å². The molecule has 2 rings (SSSR count). The van der Waals surface area contributed by atoms with Gasteiger partial charge in [-0.1, -0.05) is 0 Å². The zero-order chi connectivity index (χ0) is 8.93. The van der Waals surface area contributed by atoms with Crippen molar-refractivity contribution in [2.75, 3.05) is 26.3 Å². The van der Waals surface area contributed by atoms with Gasteiger partial charge in [0, 0.05) is 13.2 Å².